The molecule has 0 fully saturated rings. The van der Waals surface area contributed by atoms with E-state index in [1.54, 1.807) is 0 Å². The van der Waals surface area contributed by atoms with Crippen molar-refractivity contribution in [2.24, 2.45) is 0 Å². The van der Waals surface area contributed by atoms with E-state index in [1.165, 1.54) is 51.4 Å². The molecule has 0 amide bonds. The fourth-order valence-electron chi connectivity index (χ4n) is 4.50. The summed E-state index contributed by atoms with van der Waals surface area (Å²) in [5.41, 5.74) is 0. The summed E-state index contributed by atoms with van der Waals surface area (Å²) in [5.74, 6) is -0.683. The first kappa shape index (κ1) is 40.8. The van der Waals surface area contributed by atoms with E-state index in [9.17, 15) is 19.8 Å². The average Bonchev–Trinajstić information content (AvgIpc) is 3.00. The van der Waals surface area contributed by atoms with E-state index in [4.69, 9.17) is 9.47 Å². The summed E-state index contributed by atoms with van der Waals surface area (Å²) in [5, 5.41) is 19.2. The van der Waals surface area contributed by atoms with Crippen molar-refractivity contribution < 1.29 is 29.3 Å². The molecule has 248 valence electrons. The number of carbonyl (C=O) groups excluding carboxylic acids is 2. The Hall–Kier alpha value is -2.18. The van der Waals surface area contributed by atoms with Crippen molar-refractivity contribution in [3.8, 4) is 0 Å². The summed E-state index contributed by atoms with van der Waals surface area (Å²) < 4.78 is 10.5. The van der Waals surface area contributed by atoms with Crippen LogP contribution in [0.25, 0.3) is 0 Å². The Morgan fingerprint density at radius 2 is 1.14 bits per heavy atom. The lowest BCUT2D eigenvalue weighted by atomic mass is 10.1. The molecule has 0 heterocycles. The van der Waals surface area contributed by atoms with Gasteiger partial charge >= 0.3 is 11.9 Å². The minimum Gasteiger partial charge on any atom is -0.462 e. The standard InChI is InChI=1S/C37H64O6/c1-3-5-7-8-9-10-13-17-20-23-26-30-36(40)42-33-35(32-38)43-37(41)31-27-24-21-18-15-12-11-14-16-19-22-25-29-34(39)28-6-4-2/h11-12,16,18-19,21,25,29,34-35,38-39H,3-10,13-15,17,20,22-24,26-28,30-33H2,1-2H3/b12-11-,19-16-,21-18-,29-25-/t34-,35+/m1/s1. The fourth-order valence-corrected chi connectivity index (χ4v) is 4.50. The van der Waals surface area contributed by atoms with Gasteiger partial charge in [-0.3, -0.25) is 9.59 Å². The molecule has 0 aliphatic heterocycles. The minimum absolute atomic E-state index is 0.0978. The van der Waals surface area contributed by atoms with Crippen molar-refractivity contribution in [3.05, 3.63) is 48.6 Å². The predicted octanol–water partition coefficient (Wildman–Crippen LogP) is 9.25. The number of unbranched alkanes of at least 4 members (excludes halogenated alkanes) is 12. The Labute approximate surface area is 263 Å². The predicted molar refractivity (Wildman–Crippen MR) is 179 cm³/mol. The van der Waals surface area contributed by atoms with Crippen LogP contribution in [0.15, 0.2) is 48.6 Å². The number of ether oxygens (including phenoxy) is 2. The maximum Gasteiger partial charge on any atom is 0.306 e. The van der Waals surface area contributed by atoms with Crippen LogP contribution in [0.4, 0.5) is 0 Å². The molecule has 0 aromatic heterocycles. The summed E-state index contributed by atoms with van der Waals surface area (Å²) in [7, 11) is 0. The third kappa shape index (κ3) is 31.1. The third-order valence-corrected chi connectivity index (χ3v) is 7.20. The van der Waals surface area contributed by atoms with Crippen LogP contribution in [0.3, 0.4) is 0 Å². The van der Waals surface area contributed by atoms with E-state index in [2.05, 4.69) is 50.3 Å². The Bertz CT molecular complexity index is 754. The molecule has 6 heteroatoms. The molecule has 2 atom stereocenters. The summed E-state index contributed by atoms with van der Waals surface area (Å²) in [6.07, 6.45) is 36.5. The van der Waals surface area contributed by atoms with Crippen LogP contribution in [0.1, 0.15) is 149 Å². The van der Waals surface area contributed by atoms with Gasteiger partial charge in [-0.15, -0.1) is 0 Å². The molecule has 0 aromatic rings. The minimum atomic E-state index is -0.808. The summed E-state index contributed by atoms with van der Waals surface area (Å²) in [6, 6.07) is 0. The van der Waals surface area contributed by atoms with E-state index in [0.717, 1.165) is 64.2 Å². The number of hydrogen-bond acceptors (Lipinski definition) is 6. The van der Waals surface area contributed by atoms with E-state index >= 15 is 0 Å². The Morgan fingerprint density at radius 1 is 0.628 bits per heavy atom. The number of allylic oxidation sites excluding steroid dienone is 7. The zero-order valence-electron chi connectivity index (χ0n) is 27.6. The molecule has 6 nitrogen and oxygen atoms in total. The highest BCUT2D eigenvalue weighted by Gasteiger charge is 2.15. The second kappa shape index (κ2) is 32.7. The zero-order valence-corrected chi connectivity index (χ0v) is 27.6. The van der Waals surface area contributed by atoms with Gasteiger partial charge in [0.2, 0.25) is 0 Å². The average molecular weight is 605 g/mol. The van der Waals surface area contributed by atoms with Crippen LogP contribution >= 0.6 is 0 Å². The molecular weight excluding hydrogens is 540 g/mol. The normalized spacial score (nSPS) is 13.5. The van der Waals surface area contributed by atoms with Gasteiger partial charge in [-0.2, -0.15) is 0 Å². The monoisotopic (exact) mass is 604 g/mol. The van der Waals surface area contributed by atoms with Crippen LogP contribution < -0.4 is 0 Å². The maximum absolute atomic E-state index is 12.1. The van der Waals surface area contributed by atoms with Gasteiger partial charge < -0.3 is 19.7 Å². The molecule has 0 saturated heterocycles. The van der Waals surface area contributed by atoms with Gasteiger partial charge in [-0.25, -0.2) is 0 Å². The van der Waals surface area contributed by atoms with Crippen LogP contribution in [0.5, 0.6) is 0 Å². The highest BCUT2D eigenvalue weighted by atomic mass is 16.6. The molecule has 0 unspecified atom stereocenters. The first-order valence-corrected chi connectivity index (χ1v) is 17.3. The van der Waals surface area contributed by atoms with Gasteiger partial charge in [0.15, 0.2) is 6.10 Å². The number of aliphatic hydroxyl groups excluding tert-OH is 2. The third-order valence-electron chi connectivity index (χ3n) is 7.20. The molecular formula is C37H64O6. The van der Waals surface area contributed by atoms with Crippen LogP contribution in [0, 0.1) is 0 Å². The van der Waals surface area contributed by atoms with Gasteiger partial charge in [0.1, 0.15) is 6.61 Å². The lowest BCUT2D eigenvalue weighted by Gasteiger charge is -2.15. The molecule has 0 bridgehead atoms. The topological polar surface area (TPSA) is 93.1 Å². The molecule has 0 aliphatic carbocycles. The van der Waals surface area contributed by atoms with E-state index < -0.39 is 6.10 Å². The largest absolute Gasteiger partial charge is 0.462 e. The maximum atomic E-state index is 12.1. The lowest BCUT2D eigenvalue weighted by Crippen LogP contribution is -2.28. The first-order chi connectivity index (χ1) is 21.0. The second-order valence-corrected chi connectivity index (χ2v) is 11.4. The Kier molecular flexibility index (Phi) is 31.1. The summed E-state index contributed by atoms with van der Waals surface area (Å²) >= 11 is 0. The smallest absolute Gasteiger partial charge is 0.306 e. The molecule has 0 rings (SSSR count). The number of hydrogen-bond donors (Lipinski definition) is 2. The van der Waals surface area contributed by atoms with Crippen molar-refractivity contribution in [2.45, 2.75) is 161 Å². The zero-order chi connectivity index (χ0) is 31.6. The van der Waals surface area contributed by atoms with Crippen molar-refractivity contribution in [2.75, 3.05) is 13.2 Å². The van der Waals surface area contributed by atoms with Crippen LogP contribution in [0.2, 0.25) is 0 Å². The molecule has 0 aromatic carbocycles. The van der Waals surface area contributed by atoms with Crippen molar-refractivity contribution in [1.82, 2.24) is 0 Å². The highest BCUT2D eigenvalue weighted by molar-refractivity contribution is 5.70. The van der Waals surface area contributed by atoms with Crippen LogP contribution in [-0.4, -0.2) is 47.6 Å². The molecule has 0 spiro atoms. The van der Waals surface area contributed by atoms with Gasteiger partial charge in [0.05, 0.1) is 12.7 Å². The number of rotatable bonds is 30. The number of carbonyl (C=O) groups is 2. The molecule has 0 radical (unpaired) electrons. The van der Waals surface area contributed by atoms with E-state index in [0.29, 0.717) is 12.8 Å². The molecule has 2 N–H and O–H groups in total. The molecule has 0 saturated carbocycles. The number of esters is 2. The quantitative estimate of drug-likeness (QED) is 0.0482. The van der Waals surface area contributed by atoms with Gasteiger partial charge in [-0.1, -0.05) is 140 Å². The lowest BCUT2D eigenvalue weighted by molar-refractivity contribution is -0.161. The van der Waals surface area contributed by atoms with Crippen molar-refractivity contribution in [1.29, 1.82) is 0 Å². The van der Waals surface area contributed by atoms with Crippen LogP contribution in [-0.2, 0) is 19.1 Å². The van der Waals surface area contributed by atoms with Crippen molar-refractivity contribution >= 4 is 11.9 Å². The fraction of sp³-hybridized carbons (Fsp3) is 0.730. The van der Waals surface area contributed by atoms with Gasteiger partial charge in [0.25, 0.3) is 0 Å². The van der Waals surface area contributed by atoms with Gasteiger partial charge in [-0.05, 0) is 44.9 Å². The van der Waals surface area contributed by atoms with Gasteiger partial charge in [0, 0.05) is 12.8 Å². The summed E-state index contributed by atoms with van der Waals surface area (Å²) in [4.78, 5) is 24.1. The Morgan fingerprint density at radius 3 is 1.72 bits per heavy atom. The first-order valence-electron chi connectivity index (χ1n) is 17.3. The SMILES string of the molecule is CCCCCCCCCCCCCC(=O)OC[C@H](CO)OC(=O)CCC/C=C\C/C=C\C/C=C\C/C=C\[C@H](O)CCCC. The summed E-state index contributed by atoms with van der Waals surface area (Å²) in [6.45, 7) is 3.91. The second-order valence-electron chi connectivity index (χ2n) is 11.4. The number of aliphatic hydroxyl groups is 2. The van der Waals surface area contributed by atoms with E-state index in [-0.39, 0.29) is 37.7 Å². The highest BCUT2D eigenvalue weighted by Crippen LogP contribution is 2.12. The molecule has 43 heavy (non-hydrogen) atoms. The van der Waals surface area contributed by atoms with E-state index in [1.807, 2.05) is 12.2 Å². The molecule has 0 aliphatic rings. The Balaban J connectivity index is 3.75. The van der Waals surface area contributed by atoms with Crippen molar-refractivity contribution in [3.63, 3.8) is 0 Å².